The van der Waals surface area contributed by atoms with Crippen molar-refractivity contribution >= 4 is 19.9 Å². The summed E-state index contributed by atoms with van der Waals surface area (Å²) in [5, 5.41) is 0. The van der Waals surface area contributed by atoms with E-state index in [2.05, 4.69) is 9.71 Å². The van der Waals surface area contributed by atoms with E-state index in [1.807, 2.05) is 0 Å². The van der Waals surface area contributed by atoms with Gasteiger partial charge in [-0.3, -0.25) is 4.98 Å². The fourth-order valence-electron chi connectivity index (χ4n) is 2.68. The highest BCUT2D eigenvalue weighted by atomic mass is 32.2. The molecule has 1 aromatic carbocycles. The van der Waals surface area contributed by atoms with Crippen molar-refractivity contribution in [3.8, 4) is 0 Å². The molecule has 0 fully saturated rings. The number of benzene rings is 1. The number of hydrogen-bond donors (Lipinski definition) is 1. The molecular weight excluding hydrogens is 404 g/mol. The van der Waals surface area contributed by atoms with Crippen LogP contribution in [-0.4, -0.2) is 47.8 Å². The number of hydrogen-bond acceptors (Lipinski definition) is 7. The first-order chi connectivity index (χ1) is 13.2. The number of nitrogens with one attached hydrogen (secondary N) is 1. The van der Waals surface area contributed by atoms with Crippen molar-refractivity contribution in [1.82, 2.24) is 9.71 Å². The van der Waals surface area contributed by atoms with Gasteiger partial charge in [0.25, 0.3) is 0 Å². The summed E-state index contributed by atoms with van der Waals surface area (Å²) in [5.74, 6) is -1.45. The molecule has 0 atom stereocenters. The number of rotatable bonds is 10. The van der Waals surface area contributed by atoms with Gasteiger partial charge in [-0.1, -0.05) is 18.2 Å². The normalized spacial score (nSPS) is 12.8. The van der Waals surface area contributed by atoms with E-state index in [-0.39, 0.29) is 29.5 Å². The van der Waals surface area contributed by atoms with Gasteiger partial charge in [0.2, 0.25) is 15.8 Å². The average molecular weight is 429 g/mol. The van der Waals surface area contributed by atoms with Crippen LogP contribution in [0.5, 0.6) is 0 Å². The van der Waals surface area contributed by atoms with Crippen molar-refractivity contribution in [2.75, 3.05) is 26.0 Å². The van der Waals surface area contributed by atoms with E-state index in [4.69, 9.17) is 9.47 Å². The van der Waals surface area contributed by atoms with E-state index in [0.717, 1.165) is 6.26 Å². The Morgan fingerprint density at radius 2 is 1.50 bits per heavy atom. The number of nitrogens with zero attached hydrogens (tertiary/aromatic N) is 1. The zero-order valence-corrected chi connectivity index (χ0v) is 17.6. The average Bonchev–Trinajstić information content (AvgIpc) is 2.66. The monoisotopic (exact) mass is 428 g/mol. The number of pyridine rings is 1. The van der Waals surface area contributed by atoms with Gasteiger partial charge in [0.05, 0.1) is 11.4 Å². The lowest BCUT2D eigenvalue weighted by molar-refractivity contribution is -0.239. The molecule has 0 unspecified atom stereocenters. The molecule has 154 valence electrons. The number of sulfone groups is 1. The Morgan fingerprint density at radius 3 is 2.00 bits per heavy atom. The molecule has 0 saturated heterocycles. The second-order valence-corrected chi connectivity index (χ2v) is 9.60. The number of sulfonamides is 1. The lowest BCUT2D eigenvalue weighted by Crippen LogP contribution is -2.45. The maximum absolute atomic E-state index is 12.9. The first-order valence-corrected chi connectivity index (χ1v) is 12.0. The van der Waals surface area contributed by atoms with E-state index < -0.39 is 25.6 Å². The molecule has 0 bridgehead atoms. The molecule has 8 nitrogen and oxygen atoms in total. The molecule has 2 aromatic rings. The van der Waals surface area contributed by atoms with E-state index >= 15 is 0 Å². The molecule has 0 aliphatic heterocycles. The summed E-state index contributed by atoms with van der Waals surface area (Å²) in [7, 11) is -7.91. The van der Waals surface area contributed by atoms with Gasteiger partial charge >= 0.3 is 0 Å². The van der Waals surface area contributed by atoms with Crippen LogP contribution in [0.2, 0.25) is 0 Å². The third-order valence-electron chi connectivity index (χ3n) is 3.84. The Bertz CT molecular complexity index is 986. The summed E-state index contributed by atoms with van der Waals surface area (Å²) in [5.41, 5.74) is 0.401. The maximum Gasteiger partial charge on any atom is 0.242 e. The van der Waals surface area contributed by atoms with Crippen molar-refractivity contribution in [1.29, 1.82) is 0 Å². The molecule has 1 N–H and O–H groups in total. The van der Waals surface area contributed by atoms with E-state index in [1.165, 1.54) is 24.3 Å². The summed E-state index contributed by atoms with van der Waals surface area (Å²) in [6.45, 7) is 3.72. The molecule has 0 aliphatic carbocycles. The maximum atomic E-state index is 12.9. The van der Waals surface area contributed by atoms with Gasteiger partial charge in [0.1, 0.15) is 10.6 Å². The number of ether oxygens (including phenoxy) is 2. The predicted octanol–water partition coefficient (Wildman–Crippen LogP) is 1.69. The Balaban J connectivity index is 2.43. The van der Waals surface area contributed by atoms with Crippen LogP contribution in [0, 0.1) is 0 Å². The van der Waals surface area contributed by atoms with Gasteiger partial charge in [0.15, 0.2) is 9.84 Å². The molecule has 0 radical (unpaired) electrons. The highest BCUT2D eigenvalue weighted by molar-refractivity contribution is 7.93. The van der Waals surface area contributed by atoms with Crippen LogP contribution in [0.25, 0.3) is 0 Å². The minimum atomic E-state index is -4.17. The Labute approximate surface area is 165 Å². The minimum Gasteiger partial charge on any atom is -0.344 e. The predicted molar refractivity (Wildman–Crippen MR) is 104 cm³/mol. The van der Waals surface area contributed by atoms with Crippen molar-refractivity contribution in [3.05, 3.63) is 54.4 Å². The first-order valence-electron chi connectivity index (χ1n) is 8.64. The van der Waals surface area contributed by atoms with Gasteiger partial charge in [-0.05, 0) is 38.1 Å². The quantitative estimate of drug-likeness (QED) is 0.573. The molecule has 1 aromatic heterocycles. The zero-order valence-electron chi connectivity index (χ0n) is 16.0. The highest BCUT2D eigenvalue weighted by Crippen LogP contribution is 2.27. The van der Waals surface area contributed by atoms with Gasteiger partial charge in [-0.25, -0.2) is 21.6 Å². The van der Waals surface area contributed by atoms with Crippen LogP contribution in [0.3, 0.4) is 0 Å². The number of aromatic nitrogens is 1. The first kappa shape index (κ1) is 22.4. The highest BCUT2D eigenvalue weighted by Gasteiger charge is 2.37. The molecule has 0 aliphatic rings. The van der Waals surface area contributed by atoms with E-state index in [9.17, 15) is 16.8 Å². The fourth-order valence-corrected chi connectivity index (χ4v) is 5.35. The van der Waals surface area contributed by atoms with E-state index in [1.54, 1.807) is 38.2 Å². The van der Waals surface area contributed by atoms with Crippen molar-refractivity contribution in [2.45, 2.75) is 29.4 Å². The molecule has 28 heavy (non-hydrogen) atoms. The Kier molecular flexibility index (Phi) is 7.29. The van der Waals surface area contributed by atoms with Crippen LogP contribution in [-0.2, 0) is 35.1 Å². The van der Waals surface area contributed by atoms with Crippen LogP contribution in [0.4, 0.5) is 0 Å². The fraction of sp³-hybridized carbons (Fsp3) is 0.389. The van der Waals surface area contributed by atoms with Crippen LogP contribution < -0.4 is 4.72 Å². The zero-order chi connectivity index (χ0) is 20.8. The SMILES string of the molecule is CCOC(CNS(=O)(=O)c1ccccc1S(C)(=O)=O)(OCC)c1ccccn1. The molecule has 2 rings (SSSR count). The molecule has 1 heterocycles. The van der Waals surface area contributed by atoms with Gasteiger partial charge in [0, 0.05) is 25.7 Å². The van der Waals surface area contributed by atoms with Crippen LogP contribution in [0.15, 0.2) is 58.5 Å². The van der Waals surface area contributed by atoms with Gasteiger partial charge in [-0.15, -0.1) is 0 Å². The third-order valence-corrected chi connectivity index (χ3v) is 6.59. The Morgan fingerprint density at radius 1 is 0.929 bits per heavy atom. The molecule has 0 amide bonds. The lowest BCUT2D eigenvalue weighted by Gasteiger charge is -2.32. The minimum absolute atomic E-state index is 0.248. The summed E-state index contributed by atoms with van der Waals surface area (Å²) in [4.78, 5) is 3.63. The summed E-state index contributed by atoms with van der Waals surface area (Å²) < 4.78 is 63.6. The molecule has 10 heteroatoms. The molecule has 0 saturated carbocycles. The van der Waals surface area contributed by atoms with Crippen LogP contribution >= 0.6 is 0 Å². The Hall–Kier alpha value is -1.85. The van der Waals surface area contributed by atoms with Crippen LogP contribution in [0.1, 0.15) is 19.5 Å². The largest absolute Gasteiger partial charge is 0.344 e. The van der Waals surface area contributed by atoms with Gasteiger partial charge < -0.3 is 9.47 Å². The molecule has 0 spiro atoms. The summed E-state index contributed by atoms with van der Waals surface area (Å²) in [6.07, 6.45) is 2.51. The van der Waals surface area contributed by atoms with Crippen molar-refractivity contribution in [3.63, 3.8) is 0 Å². The standard InChI is InChI=1S/C18H24N2O6S2/c1-4-25-18(26-5-2,17-12-8-9-13-19-17)14-20-28(23,24)16-11-7-6-10-15(16)27(3,21)22/h6-13,20H,4-5,14H2,1-3H3. The second-order valence-electron chi connectivity index (χ2n) is 5.88. The van der Waals surface area contributed by atoms with Crippen molar-refractivity contribution < 1.29 is 26.3 Å². The van der Waals surface area contributed by atoms with E-state index in [0.29, 0.717) is 5.69 Å². The smallest absolute Gasteiger partial charge is 0.242 e. The van der Waals surface area contributed by atoms with Gasteiger partial charge in [-0.2, -0.15) is 0 Å². The summed E-state index contributed by atoms with van der Waals surface area (Å²) >= 11 is 0. The van der Waals surface area contributed by atoms with Crippen molar-refractivity contribution in [2.24, 2.45) is 0 Å². The molecular formula is C18H24N2O6S2. The second kappa shape index (κ2) is 9.10. The summed E-state index contributed by atoms with van der Waals surface area (Å²) in [6, 6.07) is 10.5. The topological polar surface area (TPSA) is 112 Å². The lowest BCUT2D eigenvalue weighted by atomic mass is 10.1. The third kappa shape index (κ3) is 5.15.